The zero-order valence-electron chi connectivity index (χ0n) is 13.3. The van der Waals surface area contributed by atoms with Gasteiger partial charge in [-0.1, -0.05) is 0 Å². The van der Waals surface area contributed by atoms with Crippen molar-refractivity contribution in [2.45, 2.75) is 0 Å². The number of benzene rings is 2. The van der Waals surface area contributed by atoms with Gasteiger partial charge in [-0.3, -0.25) is 4.79 Å². The molecule has 152 valence electrons. The summed E-state index contributed by atoms with van der Waals surface area (Å²) in [5.41, 5.74) is -7.12. The van der Waals surface area contributed by atoms with E-state index in [1.165, 1.54) is 0 Å². The fourth-order valence-electron chi connectivity index (χ4n) is 2.51. The Morgan fingerprint density at radius 2 is 0.862 bits per heavy atom. The second-order valence-electron chi connectivity index (χ2n) is 5.52. The molecule has 29 heavy (non-hydrogen) atoms. The van der Waals surface area contributed by atoms with Crippen molar-refractivity contribution in [3.8, 4) is 22.3 Å². The summed E-state index contributed by atoms with van der Waals surface area (Å²) in [4.78, 5) is 13.5. The molecule has 0 radical (unpaired) electrons. The van der Waals surface area contributed by atoms with Crippen LogP contribution in [0, 0.1) is 58.2 Å². The van der Waals surface area contributed by atoms with Crippen LogP contribution in [-0.2, 0) is 0 Å². The molecule has 0 saturated heterocycles. The lowest BCUT2D eigenvalue weighted by molar-refractivity contribution is 0.381. The summed E-state index contributed by atoms with van der Waals surface area (Å²) in [6.07, 6.45) is 0.427. The van der Waals surface area contributed by atoms with E-state index in [1.807, 2.05) is 0 Å². The molecule has 1 N–H and O–H groups in total. The third-order valence-electron chi connectivity index (χ3n) is 3.88. The van der Waals surface area contributed by atoms with E-state index in [0.29, 0.717) is 6.20 Å². The number of H-pyrrole nitrogens is 1. The molecule has 0 aliphatic heterocycles. The number of hydrogen-bond acceptors (Lipinski definition) is 1. The molecule has 3 rings (SSSR count). The third kappa shape index (κ3) is 2.95. The first kappa shape index (κ1) is 20.4. The number of nitrogens with one attached hydrogen (secondary N) is 1. The quantitative estimate of drug-likeness (QED) is 0.345. The standard InChI is InChI=1S/C17H3F10NO/c18-7-5(8(19)12(23)15(26)11(7)22)3-1-4(17(29)28-2-3)6-9(20)13(24)16(27)14(25)10(6)21/h1-2H,(H,28,29). The Bertz CT molecular complexity index is 1180. The van der Waals surface area contributed by atoms with Crippen LogP contribution in [0.1, 0.15) is 0 Å². The van der Waals surface area contributed by atoms with E-state index in [4.69, 9.17) is 0 Å². The Labute approximate surface area is 153 Å². The lowest BCUT2D eigenvalue weighted by atomic mass is 9.99. The van der Waals surface area contributed by atoms with Gasteiger partial charge in [-0.05, 0) is 6.07 Å². The Balaban J connectivity index is 2.39. The molecule has 1 heterocycles. The van der Waals surface area contributed by atoms with Gasteiger partial charge in [-0.2, -0.15) is 0 Å². The second kappa shape index (κ2) is 6.94. The van der Waals surface area contributed by atoms with Gasteiger partial charge in [0.25, 0.3) is 5.56 Å². The number of aromatic nitrogens is 1. The van der Waals surface area contributed by atoms with Gasteiger partial charge < -0.3 is 4.98 Å². The SMILES string of the molecule is O=c1[nH]cc(-c2c(F)c(F)c(F)c(F)c2F)cc1-c1c(F)c(F)c(F)c(F)c1F. The molecule has 0 amide bonds. The largest absolute Gasteiger partial charge is 0.328 e. The molecule has 0 unspecified atom stereocenters. The lowest BCUT2D eigenvalue weighted by Crippen LogP contribution is -2.14. The van der Waals surface area contributed by atoms with E-state index in [9.17, 15) is 48.7 Å². The smallest absolute Gasteiger partial charge is 0.256 e. The average Bonchev–Trinajstić information content (AvgIpc) is 2.70. The van der Waals surface area contributed by atoms with Gasteiger partial charge in [0.15, 0.2) is 46.5 Å². The molecule has 0 saturated carbocycles. The molecule has 0 aliphatic rings. The fourth-order valence-corrected chi connectivity index (χ4v) is 2.51. The molecule has 1 aromatic heterocycles. The van der Waals surface area contributed by atoms with E-state index < -0.39 is 86.0 Å². The first-order valence-corrected chi connectivity index (χ1v) is 7.25. The Hall–Kier alpha value is -3.31. The minimum atomic E-state index is -2.53. The summed E-state index contributed by atoms with van der Waals surface area (Å²) in [6.45, 7) is 0. The zero-order chi connectivity index (χ0) is 21.8. The van der Waals surface area contributed by atoms with Crippen LogP contribution in [0.3, 0.4) is 0 Å². The van der Waals surface area contributed by atoms with E-state index in [-0.39, 0.29) is 6.07 Å². The first-order chi connectivity index (χ1) is 13.5. The first-order valence-electron chi connectivity index (χ1n) is 7.25. The molecule has 0 bridgehead atoms. The highest BCUT2D eigenvalue weighted by molar-refractivity contribution is 5.73. The van der Waals surface area contributed by atoms with Crippen molar-refractivity contribution in [2.75, 3.05) is 0 Å². The van der Waals surface area contributed by atoms with Gasteiger partial charge >= 0.3 is 0 Å². The van der Waals surface area contributed by atoms with Gasteiger partial charge in [-0.25, -0.2) is 43.9 Å². The monoisotopic (exact) mass is 427 g/mol. The van der Waals surface area contributed by atoms with Crippen LogP contribution in [0.2, 0.25) is 0 Å². The topological polar surface area (TPSA) is 32.9 Å². The van der Waals surface area contributed by atoms with Crippen molar-refractivity contribution in [3.05, 3.63) is 80.8 Å². The summed E-state index contributed by atoms with van der Waals surface area (Å²) < 4.78 is 136. The molecule has 0 spiro atoms. The predicted octanol–water partition coefficient (Wildman–Crippen LogP) is 5.10. The number of rotatable bonds is 2. The second-order valence-corrected chi connectivity index (χ2v) is 5.52. The highest BCUT2D eigenvalue weighted by Crippen LogP contribution is 2.34. The lowest BCUT2D eigenvalue weighted by Gasteiger charge is -2.11. The summed E-state index contributed by atoms with van der Waals surface area (Å²) in [5.74, 6) is -24.2. The average molecular weight is 427 g/mol. The van der Waals surface area contributed by atoms with Crippen LogP contribution in [0.5, 0.6) is 0 Å². The van der Waals surface area contributed by atoms with E-state index >= 15 is 0 Å². The normalized spacial score (nSPS) is 11.2. The number of halogens is 10. The van der Waals surface area contributed by atoms with Gasteiger partial charge in [0.2, 0.25) is 11.6 Å². The van der Waals surface area contributed by atoms with Crippen molar-refractivity contribution in [1.29, 1.82) is 0 Å². The van der Waals surface area contributed by atoms with Crippen molar-refractivity contribution in [1.82, 2.24) is 4.98 Å². The summed E-state index contributed by atoms with van der Waals surface area (Å²) in [6, 6.07) is 0.218. The maximum Gasteiger partial charge on any atom is 0.256 e. The van der Waals surface area contributed by atoms with E-state index in [0.717, 1.165) is 0 Å². The molecule has 3 aromatic rings. The van der Waals surface area contributed by atoms with Crippen molar-refractivity contribution in [2.24, 2.45) is 0 Å². The maximum atomic E-state index is 14.0. The van der Waals surface area contributed by atoms with E-state index in [1.54, 1.807) is 4.98 Å². The van der Waals surface area contributed by atoms with Gasteiger partial charge in [0.1, 0.15) is 0 Å². The molecule has 12 heteroatoms. The van der Waals surface area contributed by atoms with Crippen LogP contribution in [0.25, 0.3) is 22.3 Å². The molecule has 2 aromatic carbocycles. The third-order valence-corrected chi connectivity index (χ3v) is 3.88. The van der Waals surface area contributed by atoms with Crippen LogP contribution < -0.4 is 5.56 Å². The molecule has 0 aliphatic carbocycles. The fraction of sp³-hybridized carbons (Fsp3) is 0. The zero-order valence-corrected chi connectivity index (χ0v) is 13.3. The van der Waals surface area contributed by atoms with Crippen molar-refractivity contribution in [3.63, 3.8) is 0 Å². The van der Waals surface area contributed by atoms with Crippen LogP contribution in [-0.4, -0.2) is 4.98 Å². The summed E-state index contributed by atoms with van der Waals surface area (Å²) in [7, 11) is 0. The van der Waals surface area contributed by atoms with Crippen LogP contribution in [0.15, 0.2) is 17.1 Å². The number of aromatic amines is 1. The predicted molar refractivity (Wildman–Crippen MR) is 77.5 cm³/mol. The van der Waals surface area contributed by atoms with E-state index in [2.05, 4.69) is 0 Å². The minimum absolute atomic E-state index is 0.218. The Morgan fingerprint density at radius 1 is 0.517 bits per heavy atom. The summed E-state index contributed by atoms with van der Waals surface area (Å²) in [5, 5.41) is 0. The summed E-state index contributed by atoms with van der Waals surface area (Å²) >= 11 is 0. The Morgan fingerprint density at radius 3 is 1.28 bits per heavy atom. The molecular weight excluding hydrogens is 424 g/mol. The van der Waals surface area contributed by atoms with Crippen LogP contribution in [0.4, 0.5) is 43.9 Å². The number of hydrogen-bond donors (Lipinski definition) is 1. The highest BCUT2D eigenvalue weighted by atomic mass is 19.2. The Kier molecular flexibility index (Phi) is 4.89. The highest BCUT2D eigenvalue weighted by Gasteiger charge is 2.30. The van der Waals surface area contributed by atoms with Gasteiger partial charge in [0, 0.05) is 11.8 Å². The van der Waals surface area contributed by atoms with Gasteiger partial charge in [-0.15, -0.1) is 0 Å². The molecule has 0 atom stereocenters. The molecular formula is C17H3F10NO. The van der Waals surface area contributed by atoms with Crippen molar-refractivity contribution < 1.29 is 43.9 Å². The van der Waals surface area contributed by atoms with Crippen molar-refractivity contribution >= 4 is 0 Å². The molecule has 0 fully saturated rings. The molecule has 2 nitrogen and oxygen atoms in total. The minimum Gasteiger partial charge on any atom is -0.328 e. The number of pyridine rings is 1. The maximum absolute atomic E-state index is 14.0. The van der Waals surface area contributed by atoms with Gasteiger partial charge in [0.05, 0.1) is 16.7 Å². The van der Waals surface area contributed by atoms with Crippen LogP contribution >= 0.6 is 0 Å².